The van der Waals surface area contributed by atoms with E-state index < -0.39 is 0 Å². The van der Waals surface area contributed by atoms with Gasteiger partial charge in [0.2, 0.25) is 0 Å². The lowest BCUT2D eigenvalue weighted by atomic mass is 10.0. The molecule has 0 saturated carbocycles. The highest BCUT2D eigenvalue weighted by molar-refractivity contribution is 9.10. The second-order valence-corrected chi connectivity index (χ2v) is 5.16. The Hall–Kier alpha value is -1.09. The predicted octanol–water partition coefficient (Wildman–Crippen LogP) is 4.27. The number of hydrogen-bond donors (Lipinski definition) is 1. The SMILES string of the molecule is Cc1nc(-c2ccc(Br)cc2)c(C(C)C)[nH]1. The van der Waals surface area contributed by atoms with Gasteiger partial charge in [-0.25, -0.2) is 4.98 Å². The van der Waals surface area contributed by atoms with Crippen LogP contribution in [0, 0.1) is 6.92 Å². The number of imidazole rings is 1. The summed E-state index contributed by atoms with van der Waals surface area (Å²) >= 11 is 3.44. The third kappa shape index (κ3) is 2.19. The van der Waals surface area contributed by atoms with Gasteiger partial charge in [-0.2, -0.15) is 0 Å². The summed E-state index contributed by atoms with van der Waals surface area (Å²) < 4.78 is 1.09. The first-order valence-corrected chi connectivity index (χ1v) is 6.19. The summed E-state index contributed by atoms with van der Waals surface area (Å²) in [6, 6.07) is 8.27. The van der Waals surface area contributed by atoms with E-state index in [1.807, 2.05) is 19.1 Å². The molecule has 2 aromatic rings. The van der Waals surface area contributed by atoms with Crippen molar-refractivity contribution < 1.29 is 0 Å². The van der Waals surface area contributed by atoms with E-state index >= 15 is 0 Å². The van der Waals surface area contributed by atoms with Crippen LogP contribution in [0.2, 0.25) is 0 Å². The third-order valence-corrected chi connectivity index (χ3v) is 3.07. The van der Waals surface area contributed by atoms with Gasteiger partial charge in [0.15, 0.2) is 0 Å². The lowest BCUT2D eigenvalue weighted by Gasteiger charge is -2.05. The summed E-state index contributed by atoms with van der Waals surface area (Å²) in [6.45, 7) is 6.35. The molecule has 1 heterocycles. The maximum Gasteiger partial charge on any atom is 0.103 e. The number of aromatic amines is 1. The van der Waals surface area contributed by atoms with Crippen LogP contribution in [0.3, 0.4) is 0 Å². The summed E-state index contributed by atoms with van der Waals surface area (Å²) in [7, 11) is 0. The number of hydrogen-bond acceptors (Lipinski definition) is 1. The fraction of sp³-hybridized carbons (Fsp3) is 0.308. The number of H-pyrrole nitrogens is 1. The minimum absolute atomic E-state index is 0.458. The molecule has 0 saturated heterocycles. The minimum Gasteiger partial charge on any atom is -0.345 e. The van der Waals surface area contributed by atoms with Crippen molar-refractivity contribution in [3.63, 3.8) is 0 Å². The van der Waals surface area contributed by atoms with E-state index in [0.29, 0.717) is 5.92 Å². The lowest BCUT2D eigenvalue weighted by molar-refractivity contribution is 0.831. The Labute approximate surface area is 104 Å². The number of aryl methyl sites for hydroxylation is 1. The van der Waals surface area contributed by atoms with E-state index in [0.717, 1.165) is 21.6 Å². The van der Waals surface area contributed by atoms with Crippen LogP contribution in [0.15, 0.2) is 28.7 Å². The zero-order valence-corrected chi connectivity index (χ0v) is 11.3. The van der Waals surface area contributed by atoms with E-state index in [2.05, 4.69) is 51.9 Å². The van der Waals surface area contributed by atoms with Crippen LogP contribution in [0.25, 0.3) is 11.3 Å². The van der Waals surface area contributed by atoms with Gasteiger partial charge in [0.25, 0.3) is 0 Å². The Kier molecular flexibility index (Phi) is 3.15. The highest BCUT2D eigenvalue weighted by Crippen LogP contribution is 2.27. The number of halogens is 1. The van der Waals surface area contributed by atoms with Crippen molar-refractivity contribution in [1.29, 1.82) is 0 Å². The van der Waals surface area contributed by atoms with E-state index in [-0.39, 0.29) is 0 Å². The molecule has 0 aliphatic heterocycles. The van der Waals surface area contributed by atoms with Gasteiger partial charge < -0.3 is 4.98 Å². The third-order valence-electron chi connectivity index (χ3n) is 2.55. The molecular weight excluding hydrogens is 264 g/mol. The minimum atomic E-state index is 0.458. The van der Waals surface area contributed by atoms with Crippen molar-refractivity contribution >= 4 is 15.9 Å². The van der Waals surface area contributed by atoms with Crippen LogP contribution in [-0.4, -0.2) is 9.97 Å². The number of nitrogens with zero attached hydrogens (tertiary/aromatic N) is 1. The molecule has 0 aliphatic rings. The number of nitrogens with one attached hydrogen (secondary N) is 1. The zero-order chi connectivity index (χ0) is 11.7. The average Bonchev–Trinajstić information content (AvgIpc) is 2.61. The van der Waals surface area contributed by atoms with Crippen LogP contribution in [0.4, 0.5) is 0 Å². The number of rotatable bonds is 2. The normalized spacial score (nSPS) is 11.1. The van der Waals surface area contributed by atoms with Crippen LogP contribution < -0.4 is 0 Å². The summed E-state index contributed by atoms with van der Waals surface area (Å²) in [5, 5.41) is 0. The fourth-order valence-electron chi connectivity index (χ4n) is 1.76. The first kappa shape index (κ1) is 11.4. The Morgan fingerprint density at radius 3 is 2.38 bits per heavy atom. The molecule has 0 fully saturated rings. The molecule has 1 aromatic carbocycles. The monoisotopic (exact) mass is 278 g/mol. The molecule has 0 unspecified atom stereocenters. The van der Waals surface area contributed by atoms with Gasteiger partial charge in [-0.3, -0.25) is 0 Å². The van der Waals surface area contributed by atoms with Crippen molar-refractivity contribution in [2.24, 2.45) is 0 Å². The Morgan fingerprint density at radius 2 is 1.81 bits per heavy atom. The van der Waals surface area contributed by atoms with E-state index in [9.17, 15) is 0 Å². The van der Waals surface area contributed by atoms with Crippen LogP contribution in [-0.2, 0) is 0 Å². The highest BCUT2D eigenvalue weighted by Gasteiger charge is 2.12. The second-order valence-electron chi connectivity index (χ2n) is 4.25. The largest absolute Gasteiger partial charge is 0.345 e. The highest BCUT2D eigenvalue weighted by atomic mass is 79.9. The summed E-state index contributed by atoms with van der Waals surface area (Å²) in [5.41, 5.74) is 3.44. The topological polar surface area (TPSA) is 28.7 Å². The van der Waals surface area contributed by atoms with Crippen LogP contribution >= 0.6 is 15.9 Å². The molecule has 1 N–H and O–H groups in total. The molecule has 16 heavy (non-hydrogen) atoms. The summed E-state index contributed by atoms with van der Waals surface area (Å²) in [4.78, 5) is 7.90. The van der Waals surface area contributed by atoms with Gasteiger partial charge in [-0.1, -0.05) is 41.9 Å². The quantitative estimate of drug-likeness (QED) is 0.873. The van der Waals surface area contributed by atoms with Crippen molar-refractivity contribution in [2.75, 3.05) is 0 Å². The molecule has 0 spiro atoms. The maximum absolute atomic E-state index is 4.56. The van der Waals surface area contributed by atoms with E-state index in [1.165, 1.54) is 5.69 Å². The van der Waals surface area contributed by atoms with Crippen molar-refractivity contribution in [1.82, 2.24) is 9.97 Å². The standard InChI is InChI=1S/C13H15BrN2/c1-8(2)12-13(16-9(3)15-12)10-4-6-11(14)7-5-10/h4-8H,1-3H3,(H,15,16). The molecule has 3 heteroatoms. The molecule has 0 radical (unpaired) electrons. The molecule has 0 atom stereocenters. The Balaban J connectivity index is 2.50. The van der Waals surface area contributed by atoms with Crippen molar-refractivity contribution in [3.05, 3.63) is 40.3 Å². The van der Waals surface area contributed by atoms with Gasteiger partial charge in [0.05, 0.1) is 5.69 Å². The second kappa shape index (κ2) is 4.42. The first-order valence-electron chi connectivity index (χ1n) is 5.40. The van der Waals surface area contributed by atoms with Crippen LogP contribution in [0.5, 0.6) is 0 Å². The fourth-order valence-corrected chi connectivity index (χ4v) is 2.02. The predicted molar refractivity (Wildman–Crippen MR) is 70.5 cm³/mol. The van der Waals surface area contributed by atoms with Gasteiger partial charge in [0, 0.05) is 15.7 Å². The molecule has 2 rings (SSSR count). The molecule has 2 nitrogen and oxygen atoms in total. The molecule has 84 valence electrons. The van der Waals surface area contributed by atoms with Gasteiger partial charge in [-0.15, -0.1) is 0 Å². The zero-order valence-electron chi connectivity index (χ0n) is 9.71. The van der Waals surface area contributed by atoms with Gasteiger partial charge >= 0.3 is 0 Å². The molecular formula is C13H15BrN2. The van der Waals surface area contributed by atoms with Crippen molar-refractivity contribution in [2.45, 2.75) is 26.7 Å². The summed E-state index contributed by atoms with van der Waals surface area (Å²) in [6.07, 6.45) is 0. The van der Waals surface area contributed by atoms with E-state index in [1.54, 1.807) is 0 Å². The van der Waals surface area contributed by atoms with Crippen molar-refractivity contribution in [3.8, 4) is 11.3 Å². The Morgan fingerprint density at radius 1 is 1.19 bits per heavy atom. The van der Waals surface area contributed by atoms with E-state index in [4.69, 9.17) is 0 Å². The molecule has 1 aromatic heterocycles. The summed E-state index contributed by atoms with van der Waals surface area (Å²) in [5.74, 6) is 1.43. The maximum atomic E-state index is 4.56. The van der Waals surface area contributed by atoms with Gasteiger partial charge in [0.1, 0.15) is 5.82 Å². The molecule has 0 aliphatic carbocycles. The lowest BCUT2D eigenvalue weighted by Crippen LogP contribution is -1.91. The number of benzene rings is 1. The molecule has 0 bridgehead atoms. The molecule has 0 amide bonds. The Bertz CT molecular complexity index is 483. The first-order chi connectivity index (χ1) is 7.58. The number of aromatic nitrogens is 2. The average molecular weight is 279 g/mol. The van der Waals surface area contributed by atoms with Gasteiger partial charge in [-0.05, 0) is 25.0 Å². The van der Waals surface area contributed by atoms with Crippen LogP contribution in [0.1, 0.15) is 31.3 Å². The smallest absolute Gasteiger partial charge is 0.103 e.